The van der Waals surface area contributed by atoms with Crippen molar-refractivity contribution in [2.24, 2.45) is 10.8 Å². The molecular weight excluding hydrogens is 504 g/mol. The van der Waals surface area contributed by atoms with Gasteiger partial charge in [-0.15, -0.1) is 0 Å². The fourth-order valence-corrected chi connectivity index (χ4v) is 4.99. The van der Waals surface area contributed by atoms with E-state index in [4.69, 9.17) is 18.9 Å². The number of allylic oxidation sites excluding steroid dienone is 9. The van der Waals surface area contributed by atoms with Gasteiger partial charge in [-0.3, -0.25) is 4.79 Å². The first-order chi connectivity index (χ1) is 19.0. The third-order valence-electron chi connectivity index (χ3n) is 7.37. The highest BCUT2D eigenvalue weighted by Gasteiger charge is 2.40. The molecule has 1 aromatic carbocycles. The van der Waals surface area contributed by atoms with E-state index >= 15 is 0 Å². The molecule has 2 aliphatic rings. The monoisotopic (exact) mass is 548 g/mol. The zero-order chi connectivity index (χ0) is 29.2. The summed E-state index contributed by atoms with van der Waals surface area (Å²) in [6, 6.07) is 9.60. The molecule has 0 bridgehead atoms. The SMILES string of the molecule is CC(=O)OC[C@]1(COC(=O)/C=C(C)/C=C/C=C(C)/C=C/C2=C(C)CCCC2(C)C)CO[C@H](c2ccccc2)OC1. The zero-order valence-electron chi connectivity index (χ0n) is 24.8. The van der Waals surface area contributed by atoms with Crippen LogP contribution in [0.3, 0.4) is 0 Å². The summed E-state index contributed by atoms with van der Waals surface area (Å²) in [5.41, 5.74) is 5.14. The molecular formula is C34H44O6. The number of hydrogen-bond donors (Lipinski definition) is 0. The Labute approximate surface area is 239 Å². The van der Waals surface area contributed by atoms with E-state index in [1.54, 1.807) is 0 Å². The van der Waals surface area contributed by atoms with Gasteiger partial charge in [0.1, 0.15) is 13.2 Å². The van der Waals surface area contributed by atoms with Gasteiger partial charge in [-0.05, 0) is 56.6 Å². The summed E-state index contributed by atoms with van der Waals surface area (Å²) in [5.74, 6) is -0.888. The lowest BCUT2D eigenvalue weighted by molar-refractivity contribution is -0.251. The van der Waals surface area contributed by atoms with Crippen LogP contribution in [-0.2, 0) is 28.5 Å². The Morgan fingerprint density at radius 2 is 1.65 bits per heavy atom. The van der Waals surface area contributed by atoms with Crippen molar-refractivity contribution in [2.45, 2.75) is 67.1 Å². The molecule has 3 rings (SSSR count). The van der Waals surface area contributed by atoms with Crippen LogP contribution in [0.5, 0.6) is 0 Å². The van der Waals surface area contributed by atoms with Gasteiger partial charge in [0.15, 0.2) is 6.29 Å². The normalized spacial score (nSPS) is 24.0. The fraction of sp³-hybridized carbons (Fsp3) is 0.471. The van der Waals surface area contributed by atoms with Crippen molar-refractivity contribution >= 4 is 11.9 Å². The van der Waals surface area contributed by atoms with Crippen LogP contribution in [0.25, 0.3) is 0 Å². The summed E-state index contributed by atoms with van der Waals surface area (Å²) in [6.45, 7) is 12.6. The number of benzene rings is 1. The van der Waals surface area contributed by atoms with Crippen molar-refractivity contribution in [1.82, 2.24) is 0 Å². The molecule has 6 heteroatoms. The molecule has 0 radical (unpaired) electrons. The number of hydrogen-bond acceptors (Lipinski definition) is 6. The Kier molecular flexibility index (Phi) is 11.3. The van der Waals surface area contributed by atoms with Gasteiger partial charge in [-0.2, -0.15) is 0 Å². The molecule has 0 atom stereocenters. The van der Waals surface area contributed by atoms with Crippen molar-refractivity contribution in [3.05, 3.63) is 94.6 Å². The quantitative estimate of drug-likeness (QED) is 0.173. The van der Waals surface area contributed by atoms with Gasteiger partial charge in [-0.1, -0.05) is 85.7 Å². The minimum Gasteiger partial charge on any atom is -0.465 e. The number of carbonyl (C=O) groups excluding carboxylic acids is 2. The minimum absolute atomic E-state index is 0.00351. The van der Waals surface area contributed by atoms with E-state index in [9.17, 15) is 9.59 Å². The van der Waals surface area contributed by atoms with E-state index in [1.807, 2.05) is 55.5 Å². The lowest BCUT2D eigenvalue weighted by atomic mass is 9.72. The van der Waals surface area contributed by atoms with Crippen LogP contribution in [0.4, 0.5) is 0 Å². The molecule has 1 fully saturated rings. The molecule has 1 aromatic rings. The van der Waals surface area contributed by atoms with Gasteiger partial charge in [0.05, 0.1) is 18.6 Å². The van der Waals surface area contributed by atoms with Crippen molar-refractivity contribution < 1.29 is 28.5 Å². The maximum atomic E-state index is 12.6. The third kappa shape index (κ3) is 9.46. The second-order valence-corrected chi connectivity index (χ2v) is 11.7. The van der Waals surface area contributed by atoms with E-state index in [0.717, 1.165) is 16.7 Å². The molecule has 40 heavy (non-hydrogen) atoms. The standard InChI is InChI=1S/C34H44O6/c1-25(17-18-30-27(3)14-11-19-33(30,5)6)12-10-13-26(2)20-31(36)38-22-34(21-37-28(4)35)23-39-32(40-24-34)29-15-8-7-9-16-29/h7-10,12-13,15-18,20,32H,11,14,19,21-24H2,1-6H3/b13-10+,18-17+,25-12+,26-20+/t32-,34-. The molecule has 0 saturated carbocycles. The molecule has 0 unspecified atom stereocenters. The highest BCUT2D eigenvalue weighted by atomic mass is 16.7. The predicted octanol–water partition coefficient (Wildman–Crippen LogP) is 7.36. The molecule has 1 aliphatic carbocycles. The number of carbonyl (C=O) groups is 2. The van der Waals surface area contributed by atoms with Crippen LogP contribution in [0.15, 0.2) is 89.1 Å². The van der Waals surface area contributed by atoms with Crippen LogP contribution in [0.1, 0.15) is 72.7 Å². The molecule has 0 amide bonds. The Bertz CT molecular complexity index is 1170. The van der Waals surface area contributed by atoms with E-state index in [1.165, 1.54) is 43.4 Å². The Morgan fingerprint density at radius 1 is 0.975 bits per heavy atom. The predicted molar refractivity (Wildman–Crippen MR) is 157 cm³/mol. The average molecular weight is 549 g/mol. The second-order valence-electron chi connectivity index (χ2n) is 11.7. The molecule has 216 valence electrons. The van der Waals surface area contributed by atoms with Gasteiger partial charge in [-0.25, -0.2) is 4.79 Å². The van der Waals surface area contributed by atoms with E-state index in [2.05, 4.69) is 39.8 Å². The summed E-state index contributed by atoms with van der Waals surface area (Å²) >= 11 is 0. The van der Waals surface area contributed by atoms with Crippen LogP contribution in [-0.4, -0.2) is 38.4 Å². The van der Waals surface area contributed by atoms with Crippen molar-refractivity contribution in [3.8, 4) is 0 Å². The topological polar surface area (TPSA) is 71.1 Å². The number of esters is 2. The van der Waals surface area contributed by atoms with Crippen LogP contribution in [0.2, 0.25) is 0 Å². The average Bonchev–Trinajstić information content (AvgIpc) is 2.91. The number of rotatable bonds is 10. The first kappa shape index (κ1) is 31.3. The van der Waals surface area contributed by atoms with E-state index < -0.39 is 23.6 Å². The van der Waals surface area contributed by atoms with Crippen LogP contribution in [0, 0.1) is 10.8 Å². The van der Waals surface area contributed by atoms with Crippen molar-refractivity contribution in [2.75, 3.05) is 26.4 Å². The fourth-order valence-electron chi connectivity index (χ4n) is 4.99. The third-order valence-corrected chi connectivity index (χ3v) is 7.37. The summed E-state index contributed by atoms with van der Waals surface area (Å²) < 4.78 is 22.7. The Hall–Kier alpha value is -3.22. The van der Waals surface area contributed by atoms with Crippen molar-refractivity contribution in [1.29, 1.82) is 0 Å². The highest BCUT2D eigenvalue weighted by molar-refractivity contribution is 5.83. The molecule has 1 saturated heterocycles. The lowest BCUT2D eigenvalue weighted by Gasteiger charge is -2.38. The van der Waals surface area contributed by atoms with Crippen molar-refractivity contribution in [3.63, 3.8) is 0 Å². The lowest BCUT2D eigenvalue weighted by Crippen LogP contribution is -2.46. The maximum Gasteiger partial charge on any atom is 0.331 e. The van der Waals surface area contributed by atoms with Crippen LogP contribution >= 0.6 is 0 Å². The molecule has 1 aliphatic heterocycles. The Morgan fingerprint density at radius 3 is 2.30 bits per heavy atom. The Balaban J connectivity index is 1.55. The van der Waals surface area contributed by atoms with Gasteiger partial charge < -0.3 is 18.9 Å². The molecule has 0 N–H and O–H groups in total. The zero-order valence-corrected chi connectivity index (χ0v) is 24.8. The van der Waals surface area contributed by atoms with E-state index in [-0.39, 0.29) is 31.8 Å². The summed E-state index contributed by atoms with van der Waals surface area (Å²) in [5, 5.41) is 0. The highest BCUT2D eigenvalue weighted by Crippen LogP contribution is 2.40. The summed E-state index contributed by atoms with van der Waals surface area (Å²) in [6.07, 6.45) is 14.8. The molecule has 6 nitrogen and oxygen atoms in total. The summed E-state index contributed by atoms with van der Waals surface area (Å²) in [7, 11) is 0. The first-order valence-electron chi connectivity index (χ1n) is 14.0. The first-order valence-corrected chi connectivity index (χ1v) is 14.0. The second kappa shape index (κ2) is 14.4. The molecule has 0 aromatic heterocycles. The molecule has 1 heterocycles. The maximum absolute atomic E-state index is 12.6. The van der Waals surface area contributed by atoms with Gasteiger partial charge in [0, 0.05) is 18.6 Å². The smallest absolute Gasteiger partial charge is 0.331 e. The van der Waals surface area contributed by atoms with Gasteiger partial charge in [0.25, 0.3) is 0 Å². The molecule has 0 spiro atoms. The van der Waals surface area contributed by atoms with E-state index in [0.29, 0.717) is 0 Å². The largest absolute Gasteiger partial charge is 0.465 e. The number of ether oxygens (including phenoxy) is 4. The summed E-state index contributed by atoms with van der Waals surface area (Å²) in [4.78, 5) is 24.0. The minimum atomic E-state index is -0.781. The van der Waals surface area contributed by atoms with Crippen LogP contribution < -0.4 is 0 Å². The van der Waals surface area contributed by atoms with Gasteiger partial charge >= 0.3 is 11.9 Å². The van der Waals surface area contributed by atoms with Gasteiger partial charge in [0.2, 0.25) is 0 Å².